The van der Waals surface area contributed by atoms with Crippen molar-refractivity contribution in [2.75, 3.05) is 26.3 Å². The molecule has 0 atom stereocenters. The van der Waals surface area contributed by atoms with Gasteiger partial charge in [0.1, 0.15) is 0 Å². The van der Waals surface area contributed by atoms with Crippen LogP contribution in [0.25, 0.3) is 0 Å². The Morgan fingerprint density at radius 3 is 2.91 bits per heavy atom. The second-order valence-electron chi connectivity index (χ2n) is 3.40. The summed E-state index contributed by atoms with van der Waals surface area (Å²) in [7, 11) is 0. The van der Waals surface area contributed by atoms with E-state index in [1.807, 2.05) is 0 Å². The Morgan fingerprint density at radius 2 is 2.36 bits per heavy atom. The van der Waals surface area contributed by atoms with Gasteiger partial charge in [-0.2, -0.15) is 5.26 Å². The molecule has 2 rings (SSSR count). The monoisotopic (exact) mass is 152 g/mol. The lowest BCUT2D eigenvalue weighted by atomic mass is 9.94. The van der Waals surface area contributed by atoms with E-state index in [1.54, 1.807) is 0 Å². The van der Waals surface area contributed by atoms with Gasteiger partial charge in [0.15, 0.2) is 0 Å². The maximum Gasteiger partial charge on any atom is 0.0872 e. The summed E-state index contributed by atoms with van der Waals surface area (Å²) in [6, 6.07) is 2.20. The second kappa shape index (κ2) is 2.47. The van der Waals surface area contributed by atoms with Gasteiger partial charge >= 0.3 is 0 Å². The van der Waals surface area contributed by atoms with Gasteiger partial charge in [-0.1, -0.05) is 0 Å². The van der Waals surface area contributed by atoms with Gasteiger partial charge in [-0.25, -0.2) is 0 Å². The van der Waals surface area contributed by atoms with Crippen LogP contribution < -0.4 is 0 Å². The molecule has 0 saturated carbocycles. The first-order valence-electron chi connectivity index (χ1n) is 4.07. The molecule has 2 heterocycles. The highest BCUT2D eigenvalue weighted by Crippen LogP contribution is 2.35. The van der Waals surface area contributed by atoms with Gasteiger partial charge in [-0.05, 0) is 19.4 Å². The third-order valence-electron chi connectivity index (χ3n) is 2.74. The van der Waals surface area contributed by atoms with Crippen molar-refractivity contribution >= 4 is 0 Å². The molecule has 2 fully saturated rings. The summed E-state index contributed by atoms with van der Waals surface area (Å²) in [6.07, 6.45) is 2.44. The van der Waals surface area contributed by atoms with Crippen LogP contribution in [0, 0.1) is 11.3 Å². The Hall–Kier alpha value is -0.590. The van der Waals surface area contributed by atoms with Gasteiger partial charge in [-0.15, -0.1) is 0 Å². The first kappa shape index (κ1) is 7.08. The number of hydrogen-bond acceptors (Lipinski definition) is 3. The van der Waals surface area contributed by atoms with Crippen LogP contribution in [0.3, 0.4) is 0 Å². The van der Waals surface area contributed by atoms with Crippen molar-refractivity contribution in [2.24, 2.45) is 0 Å². The Labute approximate surface area is 66.5 Å². The Kier molecular flexibility index (Phi) is 1.59. The normalized spacial score (nSPS) is 28.3. The van der Waals surface area contributed by atoms with Crippen molar-refractivity contribution in [3.8, 4) is 6.07 Å². The first-order valence-corrected chi connectivity index (χ1v) is 4.07. The minimum absolute atomic E-state index is 0.274. The molecule has 3 heteroatoms. The molecule has 2 aliphatic rings. The van der Waals surface area contributed by atoms with Gasteiger partial charge in [0.2, 0.25) is 0 Å². The summed E-state index contributed by atoms with van der Waals surface area (Å²) in [5.74, 6) is 0. The predicted octanol–water partition coefficient (Wildman–Crippen LogP) is 0.375. The summed E-state index contributed by atoms with van der Waals surface area (Å²) < 4.78 is 5.19. The molecular weight excluding hydrogens is 140 g/mol. The van der Waals surface area contributed by atoms with Crippen LogP contribution in [0.1, 0.15) is 12.8 Å². The highest BCUT2D eigenvalue weighted by Gasteiger charge is 2.46. The highest BCUT2D eigenvalue weighted by molar-refractivity contribution is 5.03. The first-order chi connectivity index (χ1) is 5.37. The third-order valence-corrected chi connectivity index (χ3v) is 2.74. The average Bonchev–Trinajstić information content (AvgIpc) is 2.31. The van der Waals surface area contributed by atoms with Crippen molar-refractivity contribution in [2.45, 2.75) is 18.4 Å². The van der Waals surface area contributed by atoms with Crippen molar-refractivity contribution < 1.29 is 4.74 Å². The molecule has 60 valence electrons. The number of ether oxygens (including phenoxy) is 1. The largest absolute Gasteiger partial charge is 0.377 e. The molecule has 0 bridgehead atoms. The fourth-order valence-corrected chi connectivity index (χ4v) is 1.99. The van der Waals surface area contributed by atoms with Crippen LogP contribution in [0.5, 0.6) is 0 Å². The molecule has 0 radical (unpaired) electrons. The topological polar surface area (TPSA) is 36.3 Å². The lowest BCUT2D eigenvalue weighted by Crippen LogP contribution is -2.58. The van der Waals surface area contributed by atoms with Gasteiger partial charge in [-0.3, -0.25) is 4.90 Å². The average molecular weight is 152 g/mol. The summed E-state index contributed by atoms with van der Waals surface area (Å²) in [4.78, 5) is 2.26. The summed E-state index contributed by atoms with van der Waals surface area (Å²) in [5, 5.41) is 8.55. The fourth-order valence-electron chi connectivity index (χ4n) is 1.99. The van der Waals surface area contributed by atoms with Crippen LogP contribution in [-0.2, 0) is 4.74 Å². The van der Waals surface area contributed by atoms with Gasteiger partial charge in [0.05, 0.1) is 31.4 Å². The van der Waals surface area contributed by atoms with E-state index in [0.29, 0.717) is 6.54 Å². The highest BCUT2D eigenvalue weighted by atomic mass is 16.5. The zero-order chi connectivity index (χ0) is 7.73. The zero-order valence-corrected chi connectivity index (χ0v) is 6.55. The van der Waals surface area contributed by atoms with Gasteiger partial charge < -0.3 is 4.74 Å². The number of nitrogens with zero attached hydrogens (tertiary/aromatic N) is 2. The standard InChI is InChI=1S/C8H12N2O/c9-3-5-10-4-1-2-8(10)6-11-7-8/h1-2,4-7H2. The van der Waals surface area contributed by atoms with Gasteiger partial charge in [0.25, 0.3) is 0 Å². The van der Waals surface area contributed by atoms with Crippen LogP contribution in [-0.4, -0.2) is 36.7 Å². The zero-order valence-electron chi connectivity index (χ0n) is 6.55. The molecule has 0 aromatic heterocycles. The quantitative estimate of drug-likeness (QED) is 0.509. The van der Waals surface area contributed by atoms with Crippen molar-refractivity contribution in [1.82, 2.24) is 4.90 Å². The van der Waals surface area contributed by atoms with E-state index in [9.17, 15) is 0 Å². The summed E-state index contributed by atoms with van der Waals surface area (Å²) in [6.45, 7) is 3.34. The van der Waals surface area contributed by atoms with E-state index in [1.165, 1.54) is 12.8 Å². The Balaban J connectivity index is 2.03. The number of rotatable bonds is 1. The van der Waals surface area contributed by atoms with E-state index < -0.39 is 0 Å². The van der Waals surface area contributed by atoms with Crippen molar-refractivity contribution in [3.63, 3.8) is 0 Å². The molecule has 0 aromatic carbocycles. The van der Waals surface area contributed by atoms with E-state index in [0.717, 1.165) is 19.8 Å². The maximum atomic E-state index is 8.55. The lowest BCUT2D eigenvalue weighted by molar-refractivity contribution is -0.119. The van der Waals surface area contributed by atoms with Crippen molar-refractivity contribution in [1.29, 1.82) is 5.26 Å². The molecular formula is C8H12N2O. The summed E-state index contributed by atoms with van der Waals surface area (Å²) >= 11 is 0. The van der Waals surface area contributed by atoms with Gasteiger partial charge in [0, 0.05) is 0 Å². The van der Waals surface area contributed by atoms with Crippen LogP contribution >= 0.6 is 0 Å². The smallest absolute Gasteiger partial charge is 0.0872 e. The van der Waals surface area contributed by atoms with E-state index in [2.05, 4.69) is 11.0 Å². The van der Waals surface area contributed by atoms with Crippen LogP contribution in [0.15, 0.2) is 0 Å². The molecule has 3 nitrogen and oxygen atoms in total. The third kappa shape index (κ3) is 0.943. The molecule has 1 spiro atoms. The predicted molar refractivity (Wildman–Crippen MR) is 40.0 cm³/mol. The molecule has 2 aliphatic heterocycles. The number of nitriles is 1. The maximum absolute atomic E-state index is 8.55. The van der Waals surface area contributed by atoms with E-state index in [-0.39, 0.29) is 5.54 Å². The van der Waals surface area contributed by atoms with Crippen molar-refractivity contribution in [3.05, 3.63) is 0 Å². The minimum atomic E-state index is 0.274. The number of hydrogen-bond donors (Lipinski definition) is 0. The Bertz CT molecular complexity index is 193. The van der Waals surface area contributed by atoms with Crippen LogP contribution in [0.2, 0.25) is 0 Å². The van der Waals surface area contributed by atoms with E-state index >= 15 is 0 Å². The fraction of sp³-hybridized carbons (Fsp3) is 0.875. The number of likely N-dealkylation sites (tertiary alicyclic amines) is 1. The van der Waals surface area contributed by atoms with E-state index in [4.69, 9.17) is 10.00 Å². The molecule has 0 unspecified atom stereocenters. The summed E-state index contributed by atoms with van der Waals surface area (Å²) in [5.41, 5.74) is 0.274. The molecule has 0 aromatic rings. The minimum Gasteiger partial charge on any atom is -0.377 e. The molecule has 2 saturated heterocycles. The Morgan fingerprint density at radius 1 is 1.55 bits per heavy atom. The SMILES string of the molecule is N#CCN1CCCC12COC2. The second-order valence-corrected chi connectivity index (χ2v) is 3.40. The molecule has 11 heavy (non-hydrogen) atoms. The molecule has 0 N–H and O–H groups in total. The molecule has 0 aliphatic carbocycles. The molecule has 0 amide bonds. The van der Waals surface area contributed by atoms with Crippen LogP contribution in [0.4, 0.5) is 0 Å². The lowest BCUT2D eigenvalue weighted by Gasteiger charge is -2.44.